The first-order valence-electron chi connectivity index (χ1n) is 7.68. The smallest absolute Gasteiger partial charge is 0.274 e. The number of nitrogens with two attached hydrogens (primary N) is 1. The molecule has 1 unspecified atom stereocenters. The molecule has 8 heteroatoms. The van der Waals surface area contributed by atoms with Crippen LogP contribution in [0.25, 0.3) is 0 Å². The second-order valence-electron chi connectivity index (χ2n) is 5.73. The summed E-state index contributed by atoms with van der Waals surface area (Å²) in [6.45, 7) is 3.92. The first-order valence-corrected chi connectivity index (χ1v) is 9.23. The monoisotopic (exact) mass is 350 g/mol. The minimum absolute atomic E-state index is 0.0453. The first kappa shape index (κ1) is 18.2. The van der Waals surface area contributed by atoms with Gasteiger partial charge in [0.2, 0.25) is 10.0 Å². The van der Waals surface area contributed by atoms with Crippen LogP contribution in [-0.2, 0) is 16.4 Å². The molecule has 0 bridgehead atoms. The normalized spacial score (nSPS) is 12.8. The Morgan fingerprint density at radius 3 is 2.50 bits per heavy atom. The molecule has 2 rings (SSSR count). The van der Waals surface area contributed by atoms with Crippen LogP contribution in [0.3, 0.4) is 0 Å². The second-order valence-corrected chi connectivity index (χ2v) is 7.30. The summed E-state index contributed by atoms with van der Waals surface area (Å²) in [5.41, 5.74) is 2.11. The van der Waals surface area contributed by atoms with Gasteiger partial charge in [-0.3, -0.25) is 9.89 Å². The number of amides is 1. The van der Waals surface area contributed by atoms with Gasteiger partial charge < -0.3 is 4.90 Å². The summed E-state index contributed by atoms with van der Waals surface area (Å²) in [6, 6.07) is 7.71. The number of aromatic nitrogens is 2. The second kappa shape index (κ2) is 7.14. The van der Waals surface area contributed by atoms with Crippen LogP contribution >= 0.6 is 0 Å². The number of sulfonamides is 1. The molecule has 7 nitrogen and oxygen atoms in total. The van der Waals surface area contributed by atoms with Gasteiger partial charge in [0.1, 0.15) is 5.69 Å². The lowest BCUT2D eigenvalue weighted by Crippen LogP contribution is -2.30. The lowest BCUT2D eigenvalue weighted by molar-refractivity contribution is 0.0736. The molecule has 130 valence electrons. The molecule has 1 aromatic heterocycles. The largest absolute Gasteiger partial charge is 0.334 e. The number of primary sulfonamides is 1. The summed E-state index contributed by atoms with van der Waals surface area (Å²) in [4.78, 5) is 14.1. The zero-order chi connectivity index (χ0) is 17.9. The van der Waals surface area contributed by atoms with Crippen molar-refractivity contribution in [3.8, 4) is 0 Å². The number of carbonyl (C=O) groups is 1. The van der Waals surface area contributed by atoms with Gasteiger partial charge in [0, 0.05) is 12.7 Å². The molecule has 0 fully saturated rings. The lowest BCUT2D eigenvalue weighted by Gasteiger charge is -2.24. The van der Waals surface area contributed by atoms with E-state index in [0.717, 1.165) is 24.1 Å². The molecule has 0 spiro atoms. The first-order chi connectivity index (χ1) is 11.2. The highest BCUT2D eigenvalue weighted by atomic mass is 32.2. The van der Waals surface area contributed by atoms with E-state index in [9.17, 15) is 13.2 Å². The fourth-order valence-electron chi connectivity index (χ4n) is 2.38. The third-order valence-corrected chi connectivity index (χ3v) is 4.89. The van der Waals surface area contributed by atoms with Crippen LogP contribution in [0, 0.1) is 0 Å². The van der Waals surface area contributed by atoms with Gasteiger partial charge in [-0.2, -0.15) is 5.10 Å². The Morgan fingerprint density at radius 1 is 1.33 bits per heavy atom. The predicted molar refractivity (Wildman–Crippen MR) is 90.9 cm³/mol. The molecular formula is C16H22N4O3S. The Bertz CT molecular complexity index is 812. The topological polar surface area (TPSA) is 109 Å². The van der Waals surface area contributed by atoms with Crippen LogP contribution in [0.1, 0.15) is 48.1 Å². The molecule has 2 aromatic rings. The Hall–Kier alpha value is -2.19. The molecule has 24 heavy (non-hydrogen) atoms. The summed E-state index contributed by atoms with van der Waals surface area (Å²) in [5, 5.41) is 12.0. The number of hydrogen-bond donors (Lipinski definition) is 2. The van der Waals surface area contributed by atoms with Gasteiger partial charge in [0.05, 0.1) is 10.9 Å². The highest BCUT2D eigenvalue weighted by Gasteiger charge is 2.21. The molecule has 0 aliphatic rings. The van der Waals surface area contributed by atoms with Crippen molar-refractivity contribution in [1.29, 1.82) is 0 Å². The highest BCUT2D eigenvalue weighted by Crippen LogP contribution is 2.22. The van der Waals surface area contributed by atoms with Crippen LogP contribution < -0.4 is 5.14 Å². The van der Waals surface area contributed by atoms with Crippen molar-refractivity contribution in [2.75, 3.05) is 7.05 Å². The van der Waals surface area contributed by atoms with Crippen molar-refractivity contribution in [1.82, 2.24) is 15.1 Å². The molecule has 0 saturated carbocycles. The minimum atomic E-state index is -3.72. The van der Waals surface area contributed by atoms with Crippen LogP contribution in [0.4, 0.5) is 0 Å². The number of hydrogen-bond acceptors (Lipinski definition) is 4. The number of benzene rings is 1. The molecule has 0 saturated heterocycles. The Kier molecular flexibility index (Phi) is 5.40. The number of nitrogens with one attached hydrogen (secondary N) is 1. The summed E-state index contributed by atoms with van der Waals surface area (Å²) in [7, 11) is -2.03. The Labute approximate surface area is 141 Å². The highest BCUT2D eigenvalue weighted by molar-refractivity contribution is 7.89. The number of carbonyl (C=O) groups excluding carboxylic acids is 1. The maximum absolute atomic E-state index is 12.5. The lowest BCUT2D eigenvalue weighted by atomic mass is 10.1. The molecule has 0 aliphatic carbocycles. The molecular weight excluding hydrogens is 328 g/mol. The third kappa shape index (κ3) is 4.01. The molecule has 0 aliphatic heterocycles. The standard InChI is InChI=1S/C16H22N4O3S/c1-4-5-13-10-15(19-18-13)16(21)20(3)11(2)12-6-8-14(9-7-12)24(17,22)23/h6-11H,4-5H2,1-3H3,(H,18,19)(H2,17,22,23). The van der Waals surface area contributed by atoms with E-state index in [0.29, 0.717) is 5.69 Å². The van der Waals surface area contributed by atoms with E-state index in [1.54, 1.807) is 30.1 Å². The maximum atomic E-state index is 12.5. The summed E-state index contributed by atoms with van der Waals surface area (Å²) in [6.07, 6.45) is 1.81. The fourth-order valence-corrected chi connectivity index (χ4v) is 2.90. The maximum Gasteiger partial charge on any atom is 0.274 e. The van der Waals surface area contributed by atoms with Crippen molar-refractivity contribution in [2.45, 2.75) is 37.6 Å². The minimum Gasteiger partial charge on any atom is -0.334 e. The van der Waals surface area contributed by atoms with E-state index in [-0.39, 0.29) is 16.8 Å². The van der Waals surface area contributed by atoms with Crippen molar-refractivity contribution < 1.29 is 13.2 Å². The molecule has 1 aromatic carbocycles. The van der Waals surface area contributed by atoms with Gasteiger partial charge in [-0.25, -0.2) is 13.6 Å². The Balaban J connectivity index is 2.15. The summed E-state index contributed by atoms with van der Waals surface area (Å²) >= 11 is 0. The van der Waals surface area contributed by atoms with E-state index < -0.39 is 10.0 Å². The average Bonchev–Trinajstić information content (AvgIpc) is 3.01. The quantitative estimate of drug-likeness (QED) is 0.828. The number of aromatic amines is 1. The molecule has 0 radical (unpaired) electrons. The van der Waals surface area contributed by atoms with Gasteiger partial charge >= 0.3 is 0 Å². The van der Waals surface area contributed by atoms with Crippen LogP contribution in [-0.4, -0.2) is 36.5 Å². The van der Waals surface area contributed by atoms with Gasteiger partial charge in [-0.15, -0.1) is 0 Å². The SMILES string of the molecule is CCCc1cc(C(=O)N(C)C(C)c2ccc(S(N)(=O)=O)cc2)n[nH]1. The summed E-state index contributed by atoms with van der Waals surface area (Å²) in [5.74, 6) is -0.198. The molecule has 3 N–H and O–H groups in total. The molecule has 1 amide bonds. The van der Waals surface area contributed by atoms with E-state index >= 15 is 0 Å². The zero-order valence-corrected chi connectivity index (χ0v) is 14.8. The molecule has 1 heterocycles. The van der Waals surface area contributed by atoms with Gasteiger partial charge in [-0.05, 0) is 37.1 Å². The van der Waals surface area contributed by atoms with Gasteiger partial charge in [-0.1, -0.05) is 25.5 Å². The van der Waals surface area contributed by atoms with Gasteiger partial charge in [0.25, 0.3) is 5.91 Å². The molecule has 1 atom stereocenters. The van der Waals surface area contributed by atoms with Crippen molar-refractivity contribution in [3.05, 3.63) is 47.3 Å². The van der Waals surface area contributed by atoms with Crippen LogP contribution in [0.15, 0.2) is 35.2 Å². The van der Waals surface area contributed by atoms with E-state index in [2.05, 4.69) is 17.1 Å². The summed E-state index contributed by atoms with van der Waals surface area (Å²) < 4.78 is 22.6. The number of nitrogens with zero attached hydrogens (tertiary/aromatic N) is 2. The van der Waals surface area contributed by atoms with Crippen LogP contribution in [0.2, 0.25) is 0 Å². The predicted octanol–water partition coefficient (Wildman–Crippen LogP) is 1.84. The van der Waals surface area contributed by atoms with Crippen molar-refractivity contribution in [3.63, 3.8) is 0 Å². The number of H-pyrrole nitrogens is 1. The Morgan fingerprint density at radius 2 is 1.96 bits per heavy atom. The third-order valence-electron chi connectivity index (χ3n) is 3.96. The van der Waals surface area contributed by atoms with Gasteiger partial charge in [0.15, 0.2) is 0 Å². The van der Waals surface area contributed by atoms with Crippen LogP contribution in [0.5, 0.6) is 0 Å². The van der Waals surface area contributed by atoms with E-state index in [4.69, 9.17) is 5.14 Å². The van der Waals surface area contributed by atoms with Crippen molar-refractivity contribution in [2.24, 2.45) is 5.14 Å². The van der Waals surface area contributed by atoms with E-state index in [1.807, 2.05) is 6.92 Å². The average molecular weight is 350 g/mol. The zero-order valence-electron chi connectivity index (χ0n) is 14.0. The van der Waals surface area contributed by atoms with Crippen molar-refractivity contribution >= 4 is 15.9 Å². The fraction of sp³-hybridized carbons (Fsp3) is 0.375. The van der Waals surface area contributed by atoms with E-state index in [1.165, 1.54) is 12.1 Å². The number of rotatable bonds is 6. The number of aryl methyl sites for hydroxylation is 1.